The summed E-state index contributed by atoms with van der Waals surface area (Å²) in [7, 11) is 1.39. The molecule has 0 atom stereocenters. The van der Waals surface area contributed by atoms with Crippen molar-refractivity contribution in [2.75, 3.05) is 20.2 Å². The third-order valence-electron chi connectivity index (χ3n) is 3.27. The van der Waals surface area contributed by atoms with E-state index in [1.165, 1.54) is 7.11 Å². The van der Waals surface area contributed by atoms with Crippen molar-refractivity contribution in [3.63, 3.8) is 0 Å². The van der Waals surface area contributed by atoms with E-state index in [4.69, 9.17) is 4.42 Å². The van der Waals surface area contributed by atoms with Crippen LogP contribution in [0.2, 0.25) is 0 Å². The first-order valence-electron chi connectivity index (χ1n) is 6.29. The maximum atomic E-state index is 11.1. The predicted octanol–water partition coefficient (Wildman–Crippen LogP) is 2.47. The average molecular weight is 261 g/mol. The van der Waals surface area contributed by atoms with E-state index in [-0.39, 0.29) is 17.9 Å². The minimum absolute atomic E-state index is 0.124. The van der Waals surface area contributed by atoms with Crippen molar-refractivity contribution >= 4 is 16.9 Å². The fourth-order valence-corrected chi connectivity index (χ4v) is 2.15. The van der Waals surface area contributed by atoms with Crippen LogP contribution >= 0.6 is 0 Å². The first-order valence-corrected chi connectivity index (χ1v) is 6.29. The Morgan fingerprint density at radius 2 is 2.11 bits per heavy atom. The highest BCUT2D eigenvalue weighted by atomic mass is 16.5. The van der Waals surface area contributed by atoms with Gasteiger partial charge in [-0.2, -0.15) is 0 Å². The van der Waals surface area contributed by atoms with E-state index < -0.39 is 0 Å². The summed E-state index contributed by atoms with van der Waals surface area (Å²) in [4.78, 5) is 11.1. The molecule has 102 valence electrons. The van der Waals surface area contributed by atoms with Crippen LogP contribution in [0.5, 0.6) is 0 Å². The summed E-state index contributed by atoms with van der Waals surface area (Å²) in [6.07, 6.45) is 1.80. The second-order valence-electron chi connectivity index (χ2n) is 5.21. The normalized spacial score (nSPS) is 11.7. The zero-order valence-electron chi connectivity index (χ0n) is 11.5. The topological polar surface area (TPSA) is 51.5 Å². The van der Waals surface area contributed by atoms with Gasteiger partial charge in [0, 0.05) is 22.9 Å². The number of furan rings is 1. The summed E-state index contributed by atoms with van der Waals surface area (Å²) in [5.74, 6) is -0.257. The molecule has 1 aromatic heterocycles. The molecule has 0 radical (unpaired) electrons. The van der Waals surface area contributed by atoms with E-state index in [0.717, 1.165) is 16.5 Å². The van der Waals surface area contributed by atoms with E-state index in [0.29, 0.717) is 6.54 Å². The molecule has 0 spiro atoms. The largest absolute Gasteiger partial charge is 0.468 e. The van der Waals surface area contributed by atoms with Crippen LogP contribution in [0.25, 0.3) is 11.0 Å². The summed E-state index contributed by atoms with van der Waals surface area (Å²) in [6, 6.07) is 7.96. The number of para-hydroxylation sites is 1. The van der Waals surface area contributed by atoms with E-state index in [9.17, 15) is 4.79 Å². The molecule has 1 N–H and O–H groups in total. The molecule has 1 heterocycles. The third kappa shape index (κ3) is 2.96. The Morgan fingerprint density at radius 1 is 1.37 bits per heavy atom. The standard InChI is InChI=1S/C15H19NO3/c1-15(2,10-16-8-14(17)18-3)12-9-19-13-7-5-4-6-11(12)13/h4-7,9,16H,8,10H2,1-3H3. The highest BCUT2D eigenvalue weighted by Crippen LogP contribution is 2.31. The summed E-state index contributed by atoms with van der Waals surface area (Å²) in [5.41, 5.74) is 1.90. The minimum Gasteiger partial charge on any atom is -0.468 e. The van der Waals surface area contributed by atoms with Gasteiger partial charge in [0.15, 0.2) is 0 Å². The molecule has 0 unspecified atom stereocenters. The van der Waals surface area contributed by atoms with Gasteiger partial charge < -0.3 is 14.5 Å². The number of benzene rings is 1. The maximum absolute atomic E-state index is 11.1. The molecule has 0 fully saturated rings. The fourth-order valence-electron chi connectivity index (χ4n) is 2.15. The Hall–Kier alpha value is -1.81. The zero-order chi connectivity index (χ0) is 13.9. The minimum atomic E-state index is -0.257. The monoisotopic (exact) mass is 261 g/mol. The van der Waals surface area contributed by atoms with Crippen LogP contribution in [-0.2, 0) is 14.9 Å². The molecule has 4 heteroatoms. The van der Waals surface area contributed by atoms with Crippen molar-refractivity contribution < 1.29 is 13.9 Å². The number of rotatable bonds is 5. The van der Waals surface area contributed by atoms with Gasteiger partial charge in [0.1, 0.15) is 5.58 Å². The van der Waals surface area contributed by atoms with Crippen LogP contribution in [0.1, 0.15) is 19.4 Å². The Labute approximate surface area is 112 Å². The Balaban J connectivity index is 2.12. The molecule has 0 aliphatic rings. The number of carbonyl (C=O) groups excluding carboxylic acids is 1. The van der Waals surface area contributed by atoms with Crippen LogP contribution in [0, 0.1) is 0 Å². The number of methoxy groups -OCH3 is 1. The van der Waals surface area contributed by atoms with Crippen LogP contribution in [-0.4, -0.2) is 26.2 Å². The van der Waals surface area contributed by atoms with E-state index >= 15 is 0 Å². The van der Waals surface area contributed by atoms with Crippen molar-refractivity contribution in [3.8, 4) is 0 Å². The molecule has 0 amide bonds. The molecular formula is C15H19NO3. The lowest BCUT2D eigenvalue weighted by Gasteiger charge is -2.24. The molecule has 0 aliphatic heterocycles. The molecule has 4 nitrogen and oxygen atoms in total. The SMILES string of the molecule is COC(=O)CNCC(C)(C)c1coc2ccccc12. The summed E-state index contributed by atoms with van der Waals surface area (Å²) >= 11 is 0. The third-order valence-corrected chi connectivity index (χ3v) is 3.27. The van der Waals surface area contributed by atoms with Gasteiger partial charge >= 0.3 is 5.97 Å². The Morgan fingerprint density at radius 3 is 2.84 bits per heavy atom. The Kier molecular flexibility index (Phi) is 3.90. The molecular weight excluding hydrogens is 242 g/mol. The van der Waals surface area contributed by atoms with Crippen molar-refractivity contribution in [1.82, 2.24) is 5.32 Å². The number of esters is 1. The van der Waals surface area contributed by atoms with Gasteiger partial charge in [0.25, 0.3) is 0 Å². The van der Waals surface area contributed by atoms with Crippen LogP contribution < -0.4 is 5.32 Å². The summed E-state index contributed by atoms with van der Waals surface area (Å²) < 4.78 is 10.2. The lowest BCUT2D eigenvalue weighted by Crippen LogP contribution is -2.36. The molecule has 0 saturated heterocycles. The number of fused-ring (bicyclic) bond motifs is 1. The molecule has 0 bridgehead atoms. The van der Waals surface area contributed by atoms with Gasteiger partial charge in [-0.05, 0) is 6.07 Å². The number of hydrogen-bond acceptors (Lipinski definition) is 4. The average Bonchev–Trinajstić information content (AvgIpc) is 2.82. The van der Waals surface area contributed by atoms with Crippen molar-refractivity contribution in [2.45, 2.75) is 19.3 Å². The first-order chi connectivity index (χ1) is 9.04. The predicted molar refractivity (Wildman–Crippen MR) is 74.1 cm³/mol. The van der Waals surface area contributed by atoms with E-state index in [2.05, 4.69) is 30.0 Å². The highest BCUT2D eigenvalue weighted by Gasteiger charge is 2.24. The van der Waals surface area contributed by atoms with Crippen LogP contribution in [0.4, 0.5) is 0 Å². The number of nitrogens with one attached hydrogen (secondary N) is 1. The van der Waals surface area contributed by atoms with E-state index in [1.54, 1.807) is 6.26 Å². The second-order valence-corrected chi connectivity index (χ2v) is 5.21. The highest BCUT2D eigenvalue weighted by molar-refractivity contribution is 5.82. The van der Waals surface area contributed by atoms with Crippen molar-refractivity contribution in [2.24, 2.45) is 0 Å². The lowest BCUT2D eigenvalue weighted by molar-refractivity contribution is -0.139. The molecule has 2 rings (SSSR count). The van der Waals surface area contributed by atoms with Crippen LogP contribution in [0.3, 0.4) is 0 Å². The van der Waals surface area contributed by atoms with Crippen molar-refractivity contribution in [3.05, 3.63) is 36.1 Å². The molecule has 1 aromatic carbocycles. The van der Waals surface area contributed by atoms with Gasteiger partial charge in [-0.1, -0.05) is 32.0 Å². The zero-order valence-corrected chi connectivity index (χ0v) is 11.5. The smallest absolute Gasteiger partial charge is 0.319 e. The van der Waals surface area contributed by atoms with E-state index in [1.807, 2.05) is 18.2 Å². The molecule has 0 aliphatic carbocycles. The molecule has 19 heavy (non-hydrogen) atoms. The second kappa shape index (κ2) is 5.45. The van der Waals surface area contributed by atoms with Gasteiger partial charge in [-0.15, -0.1) is 0 Å². The fraction of sp³-hybridized carbons (Fsp3) is 0.400. The van der Waals surface area contributed by atoms with Crippen molar-refractivity contribution in [1.29, 1.82) is 0 Å². The first kappa shape index (κ1) is 13.6. The summed E-state index contributed by atoms with van der Waals surface area (Å²) in [5, 5.41) is 4.23. The van der Waals surface area contributed by atoms with Gasteiger partial charge in [-0.3, -0.25) is 4.79 Å². The number of hydrogen-bond donors (Lipinski definition) is 1. The van der Waals surface area contributed by atoms with Gasteiger partial charge in [0.05, 0.1) is 19.9 Å². The molecule has 2 aromatic rings. The van der Waals surface area contributed by atoms with Gasteiger partial charge in [0.2, 0.25) is 0 Å². The molecule has 0 saturated carbocycles. The lowest BCUT2D eigenvalue weighted by atomic mass is 9.84. The van der Waals surface area contributed by atoms with Gasteiger partial charge in [-0.25, -0.2) is 0 Å². The summed E-state index contributed by atoms with van der Waals surface area (Å²) in [6.45, 7) is 5.13. The quantitative estimate of drug-likeness (QED) is 0.840. The number of ether oxygens (including phenoxy) is 1. The number of carbonyl (C=O) groups is 1. The maximum Gasteiger partial charge on any atom is 0.319 e. The Bertz CT molecular complexity index is 572. The van der Waals surface area contributed by atoms with Crippen LogP contribution in [0.15, 0.2) is 34.9 Å².